The number of fused-ring (bicyclic) bond motifs is 1. The Labute approximate surface area is 197 Å². The van der Waals surface area contributed by atoms with Crippen LogP contribution in [0.3, 0.4) is 0 Å². The van der Waals surface area contributed by atoms with E-state index in [1.807, 2.05) is 26.1 Å². The molecule has 182 valence electrons. The molecule has 0 aromatic carbocycles. The Morgan fingerprint density at radius 2 is 1.85 bits per heavy atom. The third-order valence-corrected chi connectivity index (χ3v) is 8.94. The van der Waals surface area contributed by atoms with Gasteiger partial charge in [0.25, 0.3) is 0 Å². The second-order valence-corrected chi connectivity index (χ2v) is 13.7. The Balaban J connectivity index is 1.30. The van der Waals surface area contributed by atoms with Gasteiger partial charge in [-0.15, -0.1) is 0 Å². The monoisotopic (exact) mass is 475 g/mol. The molecule has 8 nitrogen and oxygen atoms in total. The minimum atomic E-state index is -3.41. The third-order valence-electron chi connectivity index (χ3n) is 6.71. The van der Waals surface area contributed by atoms with Gasteiger partial charge in [0.2, 0.25) is 10.0 Å². The fraction of sp³-hybridized carbons (Fsp3) is 0.667. The highest BCUT2D eigenvalue weighted by molar-refractivity contribution is 7.89. The molecule has 4 rings (SSSR count). The lowest BCUT2D eigenvalue weighted by Gasteiger charge is -2.44. The number of nitrogens with zero attached hydrogens (tertiary/aromatic N) is 3. The highest BCUT2D eigenvalue weighted by atomic mass is 32.2. The Bertz CT molecular complexity index is 1100. The number of carbonyl (C=O) groups excluding carboxylic acids is 1. The fourth-order valence-corrected chi connectivity index (χ4v) is 7.36. The average molecular weight is 476 g/mol. The normalized spacial score (nSPS) is 19.6. The van der Waals surface area contributed by atoms with Gasteiger partial charge < -0.3 is 15.2 Å². The van der Waals surface area contributed by atoms with E-state index < -0.39 is 15.3 Å². The number of pyridine rings is 1. The van der Waals surface area contributed by atoms with Gasteiger partial charge in [0.15, 0.2) is 0 Å². The van der Waals surface area contributed by atoms with Gasteiger partial charge in [-0.25, -0.2) is 22.5 Å². The average Bonchev–Trinajstić information content (AvgIpc) is 3.08. The molecule has 0 saturated carbocycles. The first-order valence-corrected chi connectivity index (χ1v) is 13.3. The first kappa shape index (κ1) is 24.0. The molecule has 0 aliphatic carbocycles. The number of hydrogen-bond donors (Lipinski definition) is 2. The molecular formula is C24H37N5O3S. The van der Waals surface area contributed by atoms with Crippen LogP contribution in [-0.2, 0) is 10.0 Å². The van der Waals surface area contributed by atoms with Crippen molar-refractivity contribution in [2.75, 3.05) is 26.2 Å². The molecule has 2 aliphatic heterocycles. The molecule has 9 heteroatoms. The molecule has 0 radical (unpaired) electrons. The maximum absolute atomic E-state index is 13.2. The summed E-state index contributed by atoms with van der Waals surface area (Å²) in [5, 5.41) is 3.68. The van der Waals surface area contributed by atoms with E-state index in [-0.39, 0.29) is 30.1 Å². The summed E-state index contributed by atoms with van der Waals surface area (Å²) in [5.41, 5.74) is 1.84. The lowest BCUT2D eigenvalue weighted by atomic mass is 9.82. The highest BCUT2D eigenvalue weighted by Crippen LogP contribution is 2.34. The maximum Gasteiger partial charge on any atom is 0.317 e. The lowest BCUT2D eigenvalue weighted by Crippen LogP contribution is -2.64. The van der Waals surface area contributed by atoms with Crippen molar-refractivity contribution in [2.45, 2.75) is 70.6 Å². The molecule has 2 aromatic heterocycles. The first-order chi connectivity index (χ1) is 15.4. The number of urea groups is 1. The number of carbonyl (C=O) groups is 1. The minimum absolute atomic E-state index is 0.0902. The molecule has 0 bridgehead atoms. The number of amides is 2. The van der Waals surface area contributed by atoms with Gasteiger partial charge in [0.05, 0.1) is 0 Å². The number of H-pyrrole nitrogens is 1. The van der Waals surface area contributed by atoms with E-state index in [0.717, 1.165) is 30.3 Å². The predicted octanol–water partition coefficient (Wildman–Crippen LogP) is 3.68. The summed E-state index contributed by atoms with van der Waals surface area (Å²) >= 11 is 0. The van der Waals surface area contributed by atoms with E-state index in [0.29, 0.717) is 19.0 Å². The number of aromatic nitrogens is 2. The fourth-order valence-electron chi connectivity index (χ4n) is 5.48. The number of aromatic amines is 1. The number of nitrogens with one attached hydrogen (secondary N) is 2. The second kappa shape index (κ2) is 8.58. The smallest absolute Gasteiger partial charge is 0.317 e. The summed E-state index contributed by atoms with van der Waals surface area (Å²) < 4.78 is 28.0. The Morgan fingerprint density at radius 3 is 2.48 bits per heavy atom. The van der Waals surface area contributed by atoms with Crippen molar-refractivity contribution in [2.24, 2.45) is 5.41 Å². The number of hydrogen-bond acceptors (Lipinski definition) is 4. The molecule has 2 aliphatic rings. The maximum atomic E-state index is 13.2. The van der Waals surface area contributed by atoms with Gasteiger partial charge in [-0.1, -0.05) is 20.8 Å². The molecular weight excluding hydrogens is 438 g/mol. The number of piperidine rings is 1. The van der Waals surface area contributed by atoms with Crippen molar-refractivity contribution >= 4 is 27.1 Å². The zero-order valence-electron chi connectivity index (χ0n) is 20.4. The molecule has 2 amide bonds. The van der Waals surface area contributed by atoms with E-state index >= 15 is 0 Å². The summed E-state index contributed by atoms with van der Waals surface area (Å²) in [4.78, 5) is 21.8. The van der Waals surface area contributed by atoms with Crippen molar-refractivity contribution in [3.63, 3.8) is 0 Å². The van der Waals surface area contributed by atoms with Crippen molar-refractivity contribution in [3.05, 3.63) is 30.1 Å². The van der Waals surface area contributed by atoms with Crippen molar-refractivity contribution in [1.82, 2.24) is 24.5 Å². The summed E-state index contributed by atoms with van der Waals surface area (Å²) in [5.74, 6) is 0.322. The van der Waals surface area contributed by atoms with Crippen LogP contribution in [0.15, 0.2) is 24.5 Å². The van der Waals surface area contributed by atoms with E-state index in [2.05, 4.69) is 42.1 Å². The summed E-state index contributed by atoms with van der Waals surface area (Å²) in [6.07, 6.45) is 6.20. The van der Waals surface area contributed by atoms with Crippen LogP contribution in [0.25, 0.3) is 11.0 Å². The number of rotatable bonds is 5. The minimum Gasteiger partial charge on any atom is -0.346 e. The van der Waals surface area contributed by atoms with Crippen LogP contribution in [0.2, 0.25) is 0 Å². The van der Waals surface area contributed by atoms with Crippen LogP contribution in [0.1, 0.15) is 65.4 Å². The van der Waals surface area contributed by atoms with Crippen molar-refractivity contribution < 1.29 is 13.2 Å². The zero-order chi connectivity index (χ0) is 24.0. The van der Waals surface area contributed by atoms with Crippen LogP contribution >= 0.6 is 0 Å². The van der Waals surface area contributed by atoms with E-state index in [9.17, 15) is 13.2 Å². The second-order valence-electron chi connectivity index (χ2n) is 11.4. The molecule has 0 unspecified atom stereocenters. The van der Waals surface area contributed by atoms with Crippen LogP contribution < -0.4 is 5.32 Å². The predicted molar refractivity (Wildman–Crippen MR) is 131 cm³/mol. The van der Waals surface area contributed by atoms with E-state index in [1.165, 1.54) is 5.56 Å². The summed E-state index contributed by atoms with van der Waals surface area (Å²) in [7, 11) is -3.41. The largest absolute Gasteiger partial charge is 0.346 e. The van der Waals surface area contributed by atoms with E-state index in [4.69, 9.17) is 0 Å². The number of sulfonamides is 1. The molecule has 2 saturated heterocycles. The molecule has 2 aromatic rings. The van der Waals surface area contributed by atoms with Gasteiger partial charge in [-0.05, 0) is 62.1 Å². The van der Waals surface area contributed by atoms with Crippen LogP contribution in [-0.4, -0.2) is 70.6 Å². The molecule has 2 fully saturated rings. The van der Waals surface area contributed by atoms with Crippen LogP contribution in [0.5, 0.6) is 0 Å². The Hall–Kier alpha value is -2.13. The Morgan fingerprint density at radius 1 is 1.18 bits per heavy atom. The van der Waals surface area contributed by atoms with E-state index in [1.54, 1.807) is 15.4 Å². The van der Waals surface area contributed by atoms with Crippen molar-refractivity contribution in [1.29, 1.82) is 0 Å². The molecule has 4 heterocycles. The topological polar surface area (TPSA) is 98.4 Å². The zero-order valence-corrected chi connectivity index (χ0v) is 21.2. The van der Waals surface area contributed by atoms with Crippen molar-refractivity contribution in [3.8, 4) is 0 Å². The van der Waals surface area contributed by atoms with Gasteiger partial charge in [-0.3, -0.25) is 0 Å². The van der Waals surface area contributed by atoms with Gasteiger partial charge in [0.1, 0.15) is 10.9 Å². The molecule has 33 heavy (non-hydrogen) atoms. The third kappa shape index (κ3) is 5.19. The highest BCUT2D eigenvalue weighted by Gasteiger charge is 2.44. The quantitative estimate of drug-likeness (QED) is 0.689. The first-order valence-electron chi connectivity index (χ1n) is 11.8. The molecule has 0 spiro atoms. The van der Waals surface area contributed by atoms with Crippen LogP contribution in [0, 0.1) is 5.41 Å². The van der Waals surface area contributed by atoms with Gasteiger partial charge in [-0.2, -0.15) is 0 Å². The molecule has 0 atom stereocenters. The lowest BCUT2D eigenvalue weighted by molar-refractivity contribution is 0.149. The summed E-state index contributed by atoms with van der Waals surface area (Å²) in [6.45, 7) is 12.0. The SMILES string of the molecule is CC(C)(C)CC(C)(C)NC(=O)N1CC(S(=O)(=O)N2CCC(c3c[nH]c4ncccc34)CC2)C1. The summed E-state index contributed by atoms with van der Waals surface area (Å²) in [6, 6.07) is 3.82. The molecule has 2 N–H and O–H groups in total. The Kier molecular flexibility index (Phi) is 6.24. The number of likely N-dealkylation sites (tertiary alicyclic amines) is 1. The van der Waals surface area contributed by atoms with Gasteiger partial charge in [0, 0.05) is 49.5 Å². The van der Waals surface area contributed by atoms with Gasteiger partial charge >= 0.3 is 6.03 Å². The van der Waals surface area contributed by atoms with Crippen LogP contribution in [0.4, 0.5) is 4.79 Å². The standard InChI is InChI=1S/C24H37N5O3S/c1-23(2,3)16-24(4,5)27-22(30)28-14-18(15-28)33(31,32)29-11-8-17(9-12-29)20-13-26-21-19(20)7-6-10-25-21/h6-7,10,13,17-18H,8-9,11-12,14-16H2,1-5H3,(H,25,26)(H,27,30).